The molecular weight excluding hydrogens is 316 g/mol. The topological polar surface area (TPSA) is 59.4 Å². The Kier molecular flexibility index (Phi) is 4.34. The molecule has 2 aliphatic heterocycles. The summed E-state index contributed by atoms with van der Waals surface area (Å²) in [5, 5.41) is 3.06. The van der Waals surface area contributed by atoms with Crippen molar-refractivity contribution in [3.05, 3.63) is 47.5 Å². The van der Waals surface area contributed by atoms with Gasteiger partial charge in [-0.15, -0.1) is 0 Å². The van der Waals surface area contributed by atoms with Crippen LogP contribution in [-0.4, -0.2) is 33.1 Å². The number of nitrogens with one attached hydrogen (secondary N) is 1. The Balaban J connectivity index is 1.44. The van der Waals surface area contributed by atoms with Crippen molar-refractivity contribution < 1.29 is 9.53 Å². The molecule has 1 aromatic heterocycles. The number of ether oxygens (including phenoxy) is 1. The molecule has 132 valence electrons. The molecule has 0 aliphatic carbocycles. The lowest BCUT2D eigenvalue weighted by molar-refractivity contribution is 0.156. The number of aromatic nitrogens is 2. The van der Waals surface area contributed by atoms with E-state index in [9.17, 15) is 4.79 Å². The van der Waals surface area contributed by atoms with Crippen LogP contribution in [0.15, 0.2) is 30.5 Å². The number of fused-ring (bicyclic) bond motifs is 2. The predicted octanol–water partition coefficient (Wildman–Crippen LogP) is 2.71. The highest BCUT2D eigenvalue weighted by Crippen LogP contribution is 2.24. The second kappa shape index (κ2) is 6.78. The number of carbonyl (C=O) groups is 1. The molecule has 1 aromatic carbocycles. The van der Waals surface area contributed by atoms with Gasteiger partial charge >= 0.3 is 6.03 Å². The molecule has 2 aliphatic rings. The van der Waals surface area contributed by atoms with Crippen molar-refractivity contribution in [1.29, 1.82) is 0 Å². The number of amides is 2. The molecule has 0 radical (unpaired) electrons. The van der Waals surface area contributed by atoms with Gasteiger partial charge in [0.15, 0.2) is 0 Å². The van der Waals surface area contributed by atoms with Crippen molar-refractivity contribution in [2.24, 2.45) is 0 Å². The maximum absolute atomic E-state index is 12.8. The fraction of sp³-hybridized carbons (Fsp3) is 0.474. The second-order valence-electron chi connectivity index (χ2n) is 6.83. The smallest absolute Gasteiger partial charge is 0.318 e. The van der Waals surface area contributed by atoms with Crippen molar-refractivity contribution in [1.82, 2.24) is 19.8 Å². The van der Waals surface area contributed by atoms with Crippen LogP contribution in [0.3, 0.4) is 0 Å². The maximum Gasteiger partial charge on any atom is 0.318 e. The molecule has 1 atom stereocenters. The van der Waals surface area contributed by atoms with Crippen molar-refractivity contribution >= 4 is 6.03 Å². The quantitative estimate of drug-likeness (QED) is 0.914. The van der Waals surface area contributed by atoms with Gasteiger partial charge in [0.25, 0.3) is 0 Å². The molecule has 1 unspecified atom stereocenters. The summed E-state index contributed by atoms with van der Waals surface area (Å²) in [6, 6.07) is 7.88. The van der Waals surface area contributed by atoms with Gasteiger partial charge < -0.3 is 19.5 Å². The highest BCUT2D eigenvalue weighted by molar-refractivity contribution is 5.74. The number of para-hydroxylation sites is 1. The van der Waals surface area contributed by atoms with E-state index in [1.807, 2.05) is 42.3 Å². The first-order valence-corrected chi connectivity index (χ1v) is 9.01. The Bertz CT molecular complexity index is 771. The first-order chi connectivity index (χ1) is 12.2. The summed E-state index contributed by atoms with van der Waals surface area (Å²) < 4.78 is 8.07. The fourth-order valence-corrected chi connectivity index (χ4v) is 3.58. The highest BCUT2D eigenvalue weighted by Gasteiger charge is 2.25. The largest absolute Gasteiger partial charge is 0.491 e. The summed E-state index contributed by atoms with van der Waals surface area (Å²) in [5.41, 5.74) is 2.13. The van der Waals surface area contributed by atoms with Crippen LogP contribution in [0.2, 0.25) is 0 Å². The number of rotatable bonds is 2. The van der Waals surface area contributed by atoms with Crippen molar-refractivity contribution in [2.75, 3.05) is 6.61 Å². The molecule has 0 bridgehead atoms. The molecule has 6 heteroatoms. The number of aryl methyl sites for hydroxylation is 1. The van der Waals surface area contributed by atoms with Crippen LogP contribution in [0.1, 0.15) is 36.8 Å². The molecule has 6 nitrogen and oxygen atoms in total. The minimum atomic E-state index is -0.0563. The van der Waals surface area contributed by atoms with Gasteiger partial charge in [0.1, 0.15) is 18.2 Å². The van der Waals surface area contributed by atoms with Gasteiger partial charge in [-0.25, -0.2) is 9.78 Å². The Morgan fingerprint density at radius 1 is 1.36 bits per heavy atom. The molecule has 0 fully saturated rings. The Morgan fingerprint density at radius 2 is 2.24 bits per heavy atom. The highest BCUT2D eigenvalue weighted by atomic mass is 16.5. The number of carbonyl (C=O) groups excluding carboxylic acids is 1. The van der Waals surface area contributed by atoms with Gasteiger partial charge in [0, 0.05) is 18.5 Å². The number of hydrogen-bond donors (Lipinski definition) is 1. The zero-order valence-corrected chi connectivity index (χ0v) is 14.6. The summed E-state index contributed by atoms with van der Waals surface area (Å²) in [7, 11) is 0. The van der Waals surface area contributed by atoms with E-state index in [0.29, 0.717) is 19.7 Å². The summed E-state index contributed by atoms with van der Waals surface area (Å²) >= 11 is 0. The van der Waals surface area contributed by atoms with Crippen LogP contribution in [0.5, 0.6) is 5.75 Å². The van der Waals surface area contributed by atoms with Crippen LogP contribution < -0.4 is 10.1 Å². The first kappa shape index (κ1) is 16.0. The molecule has 2 aromatic rings. The molecule has 2 amide bonds. The Morgan fingerprint density at radius 3 is 3.16 bits per heavy atom. The van der Waals surface area contributed by atoms with Gasteiger partial charge in [0.05, 0.1) is 31.0 Å². The minimum Gasteiger partial charge on any atom is -0.491 e. The minimum absolute atomic E-state index is 0.0201. The van der Waals surface area contributed by atoms with Gasteiger partial charge in [-0.05, 0) is 25.8 Å². The van der Waals surface area contributed by atoms with Crippen molar-refractivity contribution in [3.8, 4) is 5.75 Å². The van der Waals surface area contributed by atoms with E-state index < -0.39 is 0 Å². The average Bonchev–Trinajstić information content (AvgIpc) is 2.98. The van der Waals surface area contributed by atoms with Gasteiger partial charge in [-0.3, -0.25) is 0 Å². The lowest BCUT2D eigenvalue weighted by Gasteiger charge is -2.26. The van der Waals surface area contributed by atoms with Gasteiger partial charge in [-0.1, -0.05) is 18.2 Å². The van der Waals surface area contributed by atoms with Crippen molar-refractivity contribution in [3.63, 3.8) is 0 Å². The molecule has 0 saturated heterocycles. The van der Waals surface area contributed by atoms with E-state index in [4.69, 9.17) is 4.74 Å². The molecule has 4 rings (SSSR count). The standard InChI is InChI=1S/C19H24N4O2/c1-14-13-25-17-7-3-2-6-15(17)12-23(14)19(24)21-11-16-10-20-18-8-4-5-9-22(16)18/h2-3,6-7,10,14H,4-5,8-9,11-13H2,1H3,(H,21,24). The van der Waals surface area contributed by atoms with Crippen LogP contribution in [-0.2, 0) is 26.1 Å². The van der Waals surface area contributed by atoms with Crippen molar-refractivity contribution in [2.45, 2.75) is 51.9 Å². The number of nitrogens with zero attached hydrogens (tertiary/aromatic N) is 3. The van der Waals surface area contributed by atoms with Crippen LogP contribution in [0.25, 0.3) is 0 Å². The molecule has 0 saturated carbocycles. The summed E-state index contributed by atoms with van der Waals surface area (Å²) in [4.78, 5) is 19.1. The van der Waals surface area contributed by atoms with E-state index in [1.54, 1.807) is 0 Å². The van der Waals surface area contributed by atoms with Crippen LogP contribution in [0, 0.1) is 0 Å². The predicted molar refractivity (Wildman–Crippen MR) is 94.3 cm³/mol. The maximum atomic E-state index is 12.8. The third kappa shape index (κ3) is 3.21. The third-order valence-electron chi connectivity index (χ3n) is 5.06. The Hall–Kier alpha value is -2.50. The lowest BCUT2D eigenvalue weighted by Crippen LogP contribution is -2.45. The molecule has 1 N–H and O–H groups in total. The first-order valence-electron chi connectivity index (χ1n) is 9.01. The second-order valence-corrected chi connectivity index (χ2v) is 6.83. The van der Waals surface area contributed by atoms with E-state index >= 15 is 0 Å². The van der Waals surface area contributed by atoms with Crippen LogP contribution in [0.4, 0.5) is 4.79 Å². The van der Waals surface area contributed by atoms with E-state index in [1.165, 1.54) is 12.8 Å². The Labute approximate surface area is 147 Å². The summed E-state index contributed by atoms with van der Waals surface area (Å²) in [6.07, 6.45) is 5.31. The SMILES string of the molecule is CC1COc2ccccc2CN1C(=O)NCc1cnc2n1CCCC2. The van der Waals surface area contributed by atoms with Gasteiger partial charge in [-0.2, -0.15) is 0 Å². The van der Waals surface area contributed by atoms with E-state index in [-0.39, 0.29) is 12.1 Å². The number of urea groups is 1. The normalized spacial score (nSPS) is 19.4. The summed E-state index contributed by atoms with van der Waals surface area (Å²) in [5.74, 6) is 2.01. The lowest BCUT2D eigenvalue weighted by atomic mass is 10.1. The number of hydrogen-bond acceptors (Lipinski definition) is 3. The van der Waals surface area contributed by atoms with Gasteiger partial charge in [0.2, 0.25) is 0 Å². The fourth-order valence-electron chi connectivity index (χ4n) is 3.58. The molecular formula is C19H24N4O2. The number of benzene rings is 1. The van der Waals surface area contributed by atoms with Crippen LogP contribution >= 0.6 is 0 Å². The van der Waals surface area contributed by atoms with E-state index in [2.05, 4.69) is 14.9 Å². The summed E-state index contributed by atoms with van der Waals surface area (Å²) in [6.45, 7) is 4.60. The molecule has 25 heavy (non-hydrogen) atoms. The molecule has 0 spiro atoms. The number of imidazole rings is 1. The average molecular weight is 340 g/mol. The van der Waals surface area contributed by atoms with E-state index in [0.717, 1.165) is 35.8 Å². The molecule has 3 heterocycles. The zero-order valence-electron chi connectivity index (χ0n) is 14.6. The monoisotopic (exact) mass is 340 g/mol. The third-order valence-corrected chi connectivity index (χ3v) is 5.06. The zero-order chi connectivity index (χ0) is 17.2.